The van der Waals surface area contributed by atoms with Crippen molar-refractivity contribution in [2.24, 2.45) is 0 Å². The first-order valence-corrected chi connectivity index (χ1v) is 15.1. The molecule has 2 heterocycles. The highest BCUT2D eigenvalue weighted by atomic mass is 35.5. The van der Waals surface area contributed by atoms with E-state index in [9.17, 15) is 4.79 Å². The maximum absolute atomic E-state index is 13.3. The lowest BCUT2D eigenvalue weighted by molar-refractivity contribution is -0.139. The summed E-state index contributed by atoms with van der Waals surface area (Å²) in [5, 5.41) is 10.4. The number of hydrogen-bond acceptors (Lipinski definition) is 7. The molecule has 0 spiro atoms. The van der Waals surface area contributed by atoms with Crippen LogP contribution in [0.4, 0.5) is 5.95 Å². The summed E-state index contributed by atoms with van der Waals surface area (Å²) in [6.45, 7) is 4.41. The monoisotopic (exact) mass is 628 g/mol. The van der Waals surface area contributed by atoms with Gasteiger partial charge in [-0.2, -0.15) is 4.98 Å². The van der Waals surface area contributed by atoms with E-state index in [1.807, 2.05) is 68.4 Å². The fraction of sp³-hybridized carbons (Fsp3) is 0.233. The van der Waals surface area contributed by atoms with Crippen molar-refractivity contribution in [3.63, 3.8) is 0 Å². The highest BCUT2D eigenvalue weighted by molar-refractivity contribution is 7.98. The van der Waals surface area contributed by atoms with E-state index in [4.69, 9.17) is 54.4 Å². The van der Waals surface area contributed by atoms with Crippen molar-refractivity contribution in [3.8, 4) is 5.75 Å². The third kappa shape index (κ3) is 6.84. The molecule has 3 aromatic carbocycles. The first-order chi connectivity index (χ1) is 19.8. The molecule has 5 rings (SSSR count). The van der Waals surface area contributed by atoms with E-state index in [0.717, 1.165) is 23.1 Å². The Kier molecular flexibility index (Phi) is 9.45. The first kappa shape index (κ1) is 29.3. The number of rotatable bonds is 10. The summed E-state index contributed by atoms with van der Waals surface area (Å²) in [6.07, 6.45) is 0.719. The normalized spacial score (nSPS) is 14.4. The molecule has 0 bridgehead atoms. The average Bonchev–Trinajstić information content (AvgIpc) is 3.37. The molecule has 7 nitrogen and oxygen atoms in total. The lowest BCUT2D eigenvalue weighted by Gasteiger charge is -2.28. The summed E-state index contributed by atoms with van der Waals surface area (Å²) in [5.41, 5.74) is 3.79. The first-order valence-electron chi connectivity index (χ1n) is 13.0. The van der Waals surface area contributed by atoms with E-state index in [1.54, 1.807) is 16.8 Å². The molecular weight excluding hydrogens is 603 g/mol. The van der Waals surface area contributed by atoms with Crippen LogP contribution in [0.25, 0.3) is 0 Å². The van der Waals surface area contributed by atoms with Crippen LogP contribution in [0.15, 0.2) is 83.2 Å². The van der Waals surface area contributed by atoms with Gasteiger partial charge in [0.05, 0.1) is 12.2 Å². The van der Waals surface area contributed by atoms with E-state index in [-0.39, 0.29) is 6.61 Å². The predicted molar refractivity (Wildman–Crippen MR) is 164 cm³/mol. The van der Waals surface area contributed by atoms with Crippen LogP contribution in [-0.2, 0) is 21.9 Å². The Balaban J connectivity index is 1.41. The zero-order valence-corrected chi connectivity index (χ0v) is 25.4. The number of carbonyl (C=O) groups excluding carboxylic acids is 1. The second-order valence-electron chi connectivity index (χ2n) is 9.34. The molecule has 11 heteroatoms. The van der Waals surface area contributed by atoms with Gasteiger partial charge in [0.2, 0.25) is 11.1 Å². The third-order valence-electron chi connectivity index (χ3n) is 6.41. The van der Waals surface area contributed by atoms with E-state index in [0.29, 0.717) is 55.6 Å². The smallest absolute Gasteiger partial charge is 0.338 e. The minimum Gasteiger partial charge on any atom is -0.489 e. The number of ether oxygens (including phenoxy) is 2. The predicted octanol–water partition coefficient (Wildman–Crippen LogP) is 8.35. The minimum absolute atomic E-state index is 0.287. The Morgan fingerprint density at radius 3 is 2.54 bits per heavy atom. The molecule has 0 aliphatic carbocycles. The summed E-state index contributed by atoms with van der Waals surface area (Å²) in [7, 11) is 0. The summed E-state index contributed by atoms with van der Waals surface area (Å²) >= 11 is 20.1. The number of nitrogens with one attached hydrogen (secondary N) is 1. The van der Waals surface area contributed by atoms with Gasteiger partial charge in [0.25, 0.3) is 0 Å². The molecule has 1 aliphatic rings. The quantitative estimate of drug-likeness (QED) is 0.140. The van der Waals surface area contributed by atoms with Crippen LogP contribution in [0.2, 0.25) is 15.1 Å². The molecule has 0 saturated heterocycles. The number of fused-ring (bicyclic) bond motifs is 1. The van der Waals surface area contributed by atoms with Crippen LogP contribution in [0.1, 0.15) is 43.0 Å². The summed E-state index contributed by atoms with van der Waals surface area (Å²) in [4.78, 5) is 18.0. The van der Waals surface area contributed by atoms with Crippen molar-refractivity contribution in [2.75, 3.05) is 11.9 Å². The Hall–Kier alpha value is -3.17. The van der Waals surface area contributed by atoms with Gasteiger partial charge in [0.15, 0.2) is 0 Å². The molecule has 0 amide bonds. The molecule has 1 unspecified atom stereocenters. The molecule has 0 fully saturated rings. The van der Waals surface area contributed by atoms with E-state index in [1.165, 1.54) is 11.8 Å². The van der Waals surface area contributed by atoms with Crippen LogP contribution in [0, 0.1) is 0 Å². The van der Waals surface area contributed by atoms with Gasteiger partial charge in [-0.25, -0.2) is 9.48 Å². The summed E-state index contributed by atoms with van der Waals surface area (Å²) < 4.78 is 13.3. The summed E-state index contributed by atoms with van der Waals surface area (Å²) in [6, 6.07) is 20.0. The van der Waals surface area contributed by atoms with E-state index < -0.39 is 12.0 Å². The molecule has 0 radical (unpaired) electrons. The number of benzene rings is 3. The second kappa shape index (κ2) is 13.2. The standard InChI is InChI=1S/C30H27Cl3N4O3S/c1-3-14-39-28(38)26-18(2)34-29-35-30(41-17-21-6-4-5-7-24(21)32)36-37(29)27(26)19-9-12-23(13-10-19)40-16-20-8-11-22(31)15-25(20)33/h4-13,15,27H,3,14,16-17H2,1-2H3,(H,34,35,36). The van der Waals surface area contributed by atoms with Crippen LogP contribution in [-0.4, -0.2) is 27.3 Å². The van der Waals surface area contributed by atoms with Crippen molar-refractivity contribution in [2.45, 2.75) is 43.8 Å². The van der Waals surface area contributed by atoms with Crippen molar-refractivity contribution in [1.82, 2.24) is 14.8 Å². The third-order valence-corrected chi connectivity index (χ3v) is 8.25. The second-order valence-corrected chi connectivity index (χ2v) is 11.5. The largest absolute Gasteiger partial charge is 0.489 e. The fourth-order valence-corrected chi connectivity index (χ4v) is 5.92. The van der Waals surface area contributed by atoms with Gasteiger partial charge >= 0.3 is 5.97 Å². The Bertz CT molecular complexity index is 1590. The minimum atomic E-state index is -0.544. The molecule has 4 aromatic rings. The fourth-order valence-electron chi connectivity index (χ4n) is 4.34. The number of esters is 1. The van der Waals surface area contributed by atoms with Crippen LogP contribution in [0.5, 0.6) is 5.75 Å². The topological polar surface area (TPSA) is 78.3 Å². The van der Waals surface area contributed by atoms with Gasteiger partial charge in [0, 0.05) is 32.1 Å². The van der Waals surface area contributed by atoms with Crippen molar-refractivity contribution >= 4 is 58.5 Å². The highest BCUT2D eigenvalue weighted by Crippen LogP contribution is 2.38. The van der Waals surface area contributed by atoms with Gasteiger partial charge in [-0.3, -0.25) is 0 Å². The SMILES string of the molecule is CCCOC(=O)C1=C(C)Nc2nc(SCc3ccccc3Cl)nn2C1c1ccc(OCc2ccc(Cl)cc2Cl)cc1. The average molecular weight is 630 g/mol. The number of carbonyl (C=O) groups is 1. The molecule has 1 aromatic heterocycles. The molecule has 1 atom stereocenters. The van der Waals surface area contributed by atoms with Crippen LogP contribution < -0.4 is 10.1 Å². The molecular formula is C30H27Cl3N4O3S. The van der Waals surface area contributed by atoms with Crippen molar-refractivity contribution in [1.29, 1.82) is 0 Å². The highest BCUT2D eigenvalue weighted by Gasteiger charge is 2.35. The number of aromatic nitrogens is 3. The molecule has 212 valence electrons. The number of hydrogen-bond donors (Lipinski definition) is 1. The maximum atomic E-state index is 13.3. The summed E-state index contributed by atoms with van der Waals surface area (Å²) in [5.74, 6) is 1.40. The van der Waals surface area contributed by atoms with Gasteiger partial charge in [-0.1, -0.05) is 89.9 Å². The van der Waals surface area contributed by atoms with Crippen LogP contribution in [0.3, 0.4) is 0 Å². The van der Waals surface area contributed by atoms with Crippen molar-refractivity contribution in [3.05, 3.63) is 110 Å². The Labute approximate surface area is 257 Å². The van der Waals surface area contributed by atoms with Gasteiger partial charge in [-0.15, -0.1) is 5.10 Å². The zero-order valence-electron chi connectivity index (χ0n) is 22.4. The number of thioether (sulfide) groups is 1. The number of halogens is 3. The van der Waals surface area contributed by atoms with Gasteiger partial charge in [-0.05, 0) is 54.8 Å². The number of nitrogens with zero attached hydrogens (tertiary/aromatic N) is 3. The lowest BCUT2D eigenvalue weighted by Crippen LogP contribution is -2.29. The zero-order chi connectivity index (χ0) is 28.9. The van der Waals surface area contributed by atoms with Crippen LogP contribution >= 0.6 is 46.6 Å². The molecule has 41 heavy (non-hydrogen) atoms. The Morgan fingerprint density at radius 2 is 1.80 bits per heavy atom. The molecule has 1 N–H and O–H groups in total. The van der Waals surface area contributed by atoms with Gasteiger partial charge in [0.1, 0.15) is 18.4 Å². The Morgan fingerprint density at radius 1 is 1.02 bits per heavy atom. The number of allylic oxidation sites excluding steroid dienone is 1. The molecule has 1 aliphatic heterocycles. The lowest BCUT2D eigenvalue weighted by atomic mass is 9.96. The van der Waals surface area contributed by atoms with E-state index >= 15 is 0 Å². The maximum Gasteiger partial charge on any atom is 0.338 e. The van der Waals surface area contributed by atoms with E-state index in [2.05, 4.69) is 5.32 Å². The van der Waals surface area contributed by atoms with Gasteiger partial charge < -0.3 is 14.8 Å². The van der Waals surface area contributed by atoms with Crippen molar-refractivity contribution < 1.29 is 14.3 Å². The number of anilines is 1. The molecule has 0 saturated carbocycles.